The Labute approximate surface area is 187 Å². The van der Waals surface area contributed by atoms with Crippen molar-refractivity contribution in [3.63, 3.8) is 0 Å². The van der Waals surface area contributed by atoms with Crippen molar-refractivity contribution in [3.05, 3.63) is 35.9 Å². The van der Waals surface area contributed by atoms with Crippen molar-refractivity contribution in [2.45, 2.75) is 50.9 Å². The second-order valence-electron chi connectivity index (χ2n) is 10.4. The van der Waals surface area contributed by atoms with E-state index < -0.39 is 34.0 Å². The van der Waals surface area contributed by atoms with Crippen LogP contribution in [0.5, 0.6) is 0 Å². The highest BCUT2D eigenvalue weighted by Gasteiger charge is 2.75. The first-order valence-electron chi connectivity index (χ1n) is 11.1. The molecule has 1 saturated heterocycles. The predicted molar refractivity (Wildman–Crippen MR) is 118 cm³/mol. The first kappa shape index (κ1) is 20.6. The molecule has 2 unspecified atom stereocenters. The number of carboxylic acids is 1. The molecule has 2 amide bonds. The molecule has 0 radical (unpaired) electrons. The normalized spacial score (nSPS) is 38.7. The zero-order valence-corrected chi connectivity index (χ0v) is 18.7. The van der Waals surface area contributed by atoms with E-state index in [0.717, 1.165) is 38.5 Å². The highest BCUT2D eigenvalue weighted by atomic mass is 32.1. The van der Waals surface area contributed by atoms with E-state index in [-0.39, 0.29) is 5.11 Å². The first-order valence-corrected chi connectivity index (χ1v) is 11.5. The summed E-state index contributed by atoms with van der Waals surface area (Å²) in [6, 6.07) is 8.74. The van der Waals surface area contributed by atoms with E-state index >= 15 is 0 Å². The van der Waals surface area contributed by atoms with E-state index in [1.165, 1.54) is 11.9 Å². The second-order valence-corrected chi connectivity index (χ2v) is 10.8. The van der Waals surface area contributed by atoms with E-state index in [1.54, 1.807) is 37.3 Å². The van der Waals surface area contributed by atoms with Gasteiger partial charge in [0.2, 0.25) is 11.8 Å². The van der Waals surface area contributed by atoms with Crippen LogP contribution in [0, 0.1) is 28.6 Å². The maximum Gasteiger partial charge on any atom is 0.311 e. The molecule has 1 heterocycles. The third-order valence-electron chi connectivity index (χ3n) is 8.97. The van der Waals surface area contributed by atoms with Gasteiger partial charge in [-0.1, -0.05) is 30.3 Å². The molecule has 164 valence electrons. The molecule has 1 aromatic carbocycles. The number of hydrogen-bond acceptors (Lipinski definition) is 4. The minimum atomic E-state index is -1.89. The highest BCUT2D eigenvalue weighted by molar-refractivity contribution is 7.80. The van der Waals surface area contributed by atoms with Crippen molar-refractivity contribution in [2.75, 3.05) is 7.05 Å². The van der Waals surface area contributed by atoms with E-state index in [2.05, 4.69) is 5.32 Å². The SMILES string of the molecule is CN1C(=O)C(c2ccccc2)(C(C)(C(=O)O)C23CC4CC(CC(C4)C2)C3)C(=O)NC1=S. The molecule has 4 aliphatic carbocycles. The lowest BCUT2D eigenvalue weighted by atomic mass is 9.37. The van der Waals surface area contributed by atoms with Gasteiger partial charge in [-0.15, -0.1) is 0 Å². The van der Waals surface area contributed by atoms with Gasteiger partial charge in [0.15, 0.2) is 10.5 Å². The van der Waals surface area contributed by atoms with Crippen LogP contribution in [-0.2, 0) is 19.8 Å². The van der Waals surface area contributed by atoms with Crippen molar-refractivity contribution in [1.29, 1.82) is 0 Å². The van der Waals surface area contributed by atoms with Gasteiger partial charge in [0.25, 0.3) is 0 Å². The smallest absolute Gasteiger partial charge is 0.311 e. The summed E-state index contributed by atoms with van der Waals surface area (Å²) in [6.45, 7) is 1.66. The Balaban J connectivity index is 1.80. The van der Waals surface area contributed by atoms with Crippen LogP contribution in [-0.4, -0.2) is 40.0 Å². The predicted octanol–water partition coefficient (Wildman–Crippen LogP) is 3.10. The number of benzene rings is 1. The number of carboxylic acid groups (broad SMARTS) is 1. The van der Waals surface area contributed by atoms with Crippen LogP contribution in [0.4, 0.5) is 0 Å². The minimum absolute atomic E-state index is 0.0137. The van der Waals surface area contributed by atoms with Gasteiger partial charge < -0.3 is 10.4 Å². The average molecular weight is 441 g/mol. The van der Waals surface area contributed by atoms with Crippen molar-refractivity contribution in [1.82, 2.24) is 10.2 Å². The Morgan fingerprint density at radius 2 is 1.61 bits per heavy atom. The average Bonchev–Trinajstić information content (AvgIpc) is 2.72. The van der Waals surface area contributed by atoms with Crippen molar-refractivity contribution in [3.8, 4) is 0 Å². The number of likely N-dealkylation sites (N-methyl/N-ethyl adjacent to an activating group) is 1. The zero-order chi connectivity index (χ0) is 22.2. The Morgan fingerprint density at radius 1 is 1.10 bits per heavy atom. The number of nitrogens with zero attached hydrogens (tertiary/aromatic N) is 1. The fraction of sp³-hybridized carbons (Fsp3) is 0.583. The lowest BCUT2D eigenvalue weighted by Gasteiger charge is -2.65. The van der Waals surface area contributed by atoms with Crippen LogP contribution in [0.1, 0.15) is 51.0 Å². The number of carbonyl (C=O) groups excluding carboxylic acids is 2. The lowest BCUT2D eigenvalue weighted by Crippen LogP contribution is -2.76. The number of carbonyl (C=O) groups is 3. The molecule has 31 heavy (non-hydrogen) atoms. The Morgan fingerprint density at radius 3 is 2.10 bits per heavy atom. The molecule has 1 aliphatic heterocycles. The van der Waals surface area contributed by atoms with Crippen LogP contribution in [0.25, 0.3) is 0 Å². The minimum Gasteiger partial charge on any atom is -0.481 e. The number of hydrogen-bond donors (Lipinski definition) is 2. The van der Waals surface area contributed by atoms with Gasteiger partial charge in [0, 0.05) is 7.05 Å². The summed E-state index contributed by atoms with van der Waals surface area (Å²) in [5.41, 5.74) is -3.69. The Kier molecular flexibility index (Phi) is 4.39. The van der Waals surface area contributed by atoms with E-state index in [9.17, 15) is 19.5 Å². The number of aliphatic carboxylic acids is 1. The first-order chi connectivity index (χ1) is 14.7. The van der Waals surface area contributed by atoms with E-state index in [0.29, 0.717) is 23.3 Å². The molecule has 2 N–H and O–H groups in total. The fourth-order valence-electron chi connectivity index (χ4n) is 7.90. The number of rotatable bonds is 4. The van der Waals surface area contributed by atoms with Gasteiger partial charge in [-0.2, -0.15) is 0 Å². The van der Waals surface area contributed by atoms with E-state index in [4.69, 9.17) is 12.2 Å². The summed E-state index contributed by atoms with van der Waals surface area (Å²) >= 11 is 5.22. The van der Waals surface area contributed by atoms with Crippen molar-refractivity contribution < 1.29 is 19.5 Å². The molecule has 0 spiro atoms. The molecule has 5 fully saturated rings. The van der Waals surface area contributed by atoms with Gasteiger partial charge in [0.05, 0.1) is 5.41 Å². The summed E-state index contributed by atoms with van der Waals surface area (Å²) in [7, 11) is 1.52. The number of nitrogens with one attached hydrogen (secondary N) is 1. The molecule has 4 bridgehead atoms. The summed E-state index contributed by atoms with van der Waals surface area (Å²) in [4.78, 5) is 42.4. The summed E-state index contributed by atoms with van der Waals surface area (Å²) in [5, 5.41) is 13.6. The van der Waals surface area contributed by atoms with Crippen molar-refractivity contribution in [2.24, 2.45) is 28.6 Å². The van der Waals surface area contributed by atoms with Gasteiger partial charge in [0.1, 0.15) is 0 Å². The highest BCUT2D eigenvalue weighted by Crippen LogP contribution is 2.70. The molecule has 1 aromatic rings. The summed E-state index contributed by atoms with van der Waals surface area (Å²) < 4.78 is 0. The molecule has 0 aromatic heterocycles. The molecule has 6 nitrogen and oxygen atoms in total. The van der Waals surface area contributed by atoms with Crippen LogP contribution < -0.4 is 5.32 Å². The Bertz CT molecular complexity index is 957. The van der Waals surface area contributed by atoms with E-state index in [1.807, 2.05) is 0 Å². The Hall–Kier alpha value is -2.28. The maximum absolute atomic E-state index is 14.0. The van der Waals surface area contributed by atoms with Crippen molar-refractivity contribution >= 4 is 35.1 Å². The largest absolute Gasteiger partial charge is 0.481 e. The standard InChI is InChI=1S/C24H28N2O4S/c1-22(20(29)30,23-11-14-8-15(12-23)10-16(9-14)13-23)24(17-6-4-3-5-7-17)18(27)25-21(31)26(2)19(24)28/h3-7,14-16H,8-13H2,1-2H3,(H,29,30)(H,25,27,31). The third-order valence-corrected chi connectivity index (χ3v) is 9.35. The molecular formula is C24H28N2O4S. The van der Waals surface area contributed by atoms with Crippen LogP contribution in [0.2, 0.25) is 0 Å². The van der Waals surface area contributed by atoms with Crippen LogP contribution in [0.3, 0.4) is 0 Å². The quantitative estimate of drug-likeness (QED) is 0.555. The third kappa shape index (κ3) is 2.44. The topological polar surface area (TPSA) is 86.7 Å². The van der Waals surface area contributed by atoms with Crippen LogP contribution in [0.15, 0.2) is 30.3 Å². The fourth-order valence-corrected chi connectivity index (χ4v) is 8.07. The summed E-state index contributed by atoms with van der Waals surface area (Å²) in [6.07, 6.45) is 5.67. The molecule has 6 rings (SSSR count). The van der Waals surface area contributed by atoms with Gasteiger partial charge >= 0.3 is 5.97 Å². The maximum atomic E-state index is 14.0. The van der Waals surface area contributed by atoms with Gasteiger partial charge in [-0.05, 0) is 86.4 Å². The van der Waals surface area contributed by atoms with Gasteiger partial charge in [-0.3, -0.25) is 19.3 Å². The molecular weight excluding hydrogens is 412 g/mol. The molecule has 5 aliphatic rings. The molecule has 2 atom stereocenters. The summed E-state index contributed by atoms with van der Waals surface area (Å²) in [5.74, 6) is -0.835. The number of amides is 2. The second kappa shape index (κ2) is 6.61. The lowest BCUT2D eigenvalue weighted by molar-refractivity contribution is -0.198. The van der Waals surface area contributed by atoms with Gasteiger partial charge in [-0.25, -0.2) is 0 Å². The molecule has 7 heteroatoms. The van der Waals surface area contributed by atoms with Crippen LogP contribution >= 0.6 is 12.2 Å². The molecule has 4 saturated carbocycles. The number of thiocarbonyl (C=S) groups is 1. The zero-order valence-electron chi connectivity index (χ0n) is 17.9. The monoisotopic (exact) mass is 440 g/mol.